The zero-order chi connectivity index (χ0) is 12.8. The fourth-order valence-corrected chi connectivity index (χ4v) is 1.71. The van der Waals surface area contributed by atoms with Crippen LogP contribution in [0.3, 0.4) is 0 Å². The maximum Gasteiger partial charge on any atom is 0.338 e. The van der Waals surface area contributed by atoms with E-state index in [9.17, 15) is 4.79 Å². The molecule has 0 fully saturated rings. The number of hydrogen-bond donors (Lipinski definition) is 1. The Labute approximate surface area is 107 Å². The predicted molar refractivity (Wildman–Crippen MR) is 72.2 cm³/mol. The van der Waals surface area contributed by atoms with Crippen molar-refractivity contribution in [2.75, 3.05) is 6.61 Å². The van der Waals surface area contributed by atoms with Gasteiger partial charge in [-0.3, -0.25) is 0 Å². The lowest BCUT2D eigenvalue weighted by Gasteiger charge is -2.15. The molecule has 0 aliphatic heterocycles. The zero-order valence-corrected chi connectivity index (χ0v) is 11.1. The first-order chi connectivity index (χ1) is 8.04. The highest BCUT2D eigenvalue weighted by molar-refractivity contribution is 7.80. The first-order valence-electron chi connectivity index (χ1n) is 5.58. The molecule has 1 aromatic rings. The van der Waals surface area contributed by atoms with Crippen LogP contribution in [0.25, 0.3) is 0 Å². The topological polar surface area (TPSA) is 38.3 Å². The number of ether oxygens (including phenoxy) is 1. The molecule has 4 heteroatoms. The van der Waals surface area contributed by atoms with Crippen LogP contribution in [0.5, 0.6) is 0 Å². The monoisotopic (exact) mass is 251 g/mol. The van der Waals surface area contributed by atoms with Crippen LogP contribution in [0.4, 0.5) is 0 Å². The van der Waals surface area contributed by atoms with Gasteiger partial charge in [0.2, 0.25) is 0 Å². The zero-order valence-electron chi connectivity index (χ0n) is 10.3. The van der Waals surface area contributed by atoms with Crippen molar-refractivity contribution in [2.45, 2.75) is 26.8 Å². The van der Waals surface area contributed by atoms with Gasteiger partial charge in [-0.05, 0) is 38.5 Å². The summed E-state index contributed by atoms with van der Waals surface area (Å²) < 4.78 is 4.96. The molecule has 1 atom stereocenters. The maximum atomic E-state index is 11.6. The number of benzene rings is 1. The van der Waals surface area contributed by atoms with E-state index >= 15 is 0 Å². The molecule has 0 amide bonds. The van der Waals surface area contributed by atoms with Crippen LogP contribution in [0.2, 0.25) is 0 Å². The van der Waals surface area contributed by atoms with E-state index in [-0.39, 0.29) is 12.0 Å². The number of rotatable bonds is 4. The van der Waals surface area contributed by atoms with Gasteiger partial charge in [-0.1, -0.05) is 24.4 Å². The van der Waals surface area contributed by atoms with Crippen molar-refractivity contribution in [3.8, 4) is 0 Å². The van der Waals surface area contributed by atoms with Gasteiger partial charge in [-0.15, -0.1) is 0 Å². The van der Waals surface area contributed by atoms with Crippen LogP contribution in [0, 0.1) is 0 Å². The Morgan fingerprint density at radius 2 is 2.24 bits per heavy atom. The predicted octanol–water partition coefficient (Wildman–Crippen LogP) is 2.86. The van der Waals surface area contributed by atoms with Gasteiger partial charge in [0, 0.05) is 6.04 Å². The first kappa shape index (κ1) is 13.6. The van der Waals surface area contributed by atoms with Crippen LogP contribution in [0.1, 0.15) is 42.7 Å². The van der Waals surface area contributed by atoms with Crippen molar-refractivity contribution in [1.29, 1.82) is 0 Å². The van der Waals surface area contributed by atoms with Gasteiger partial charge >= 0.3 is 5.97 Å². The molecule has 92 valence electrons. The molecule has 17 heavy (non-hydrogen) atoms. The van der Waals surface area contributed by atoms with Crippen LogP contribution < -0.4 is 5.32 Å². The molecule has 3 nitrogen and oxygen atoms in total. The number of esters is 1. The van der Waals surface area contributed by atoms with E-state index in [1.807, 2.05) is 32.0 Å². The molecule has 0 spiro atoms. The van der Waals surface area contributed by atoms with Crippen molar-refractivity contribution < 1.29 is 9.53 Å². The number of carbonyl (C=O) groups is 1. The number of nitrogens with one attached hydrogen (secondary N) is 1. The molecule has 0 radical (unpaired) electrons. The van der Waals surface area contributed by atoms with E-state index < -0.39 is 0 Å². The van der Waals surface area contributed by atoms with E-state index in [4.69, 9.17) is 17.0 Å². The Bertz CT molecular complexity index is 418. The molecule has 1 aromatic carbocycles. The van der Waals surface area contributed by atoms with Gasteiger partial charge in [0.25, 0.3) is 0 Å². The molecule has 0 saturated carbocycles. The van der Waals surface area contributed by atoms with Crippen LogP contribution >= 0.6 is 12.2 Å². The lowest BCUT2D eigenvalue weighted by molar-refractivity contribution is 0.0526. The fourth-order valence-electron chi connectivity index (χ4n) is 1.54. The summed E-state index contributed by atoms with van der Waals surface area (Å²) in [6.45, 7) is 6.01. The Morgan fingerprint density at radius 3 is 2.82 bits per heavy atom. The summed E-state index contributed by atoms with van der Waals surface area (Å²) in [5.74, 6) is -0.291. The highest BCUT2D eigenvalue weighted by atomic mass is 32.1. The summed E-state index contributed by atoms with van der Waals surface area (Å²) in [5.41, 5.74) is 1.58. The fraction of sp³-hybridized carbons (Fsp3) is 0.385. The van der Waals surface area contributed by atoms with Crippen LogP contribution in [-0.2, 0) is 4.74 Å². The number of hydrogen-bond acceptors (Lipinski definition) is 3. The van der Waals surface area contributed by atoms with Gasteiger partial charge in [-0.25, -0.2) is 4.79 Å². The largest absolute Gasteiger partial charge is 0.462 e. The Morgan fingerprint density at radius 1 is 1.53 bits per heavy atom. The molecule has 0 bridgehead atoms. The molecule has 0 aromatic heterocycles. The highest BCUT2D eigenvalue weighted by Crippen LogP contribution is 2.15. The number of carbonyl (C=O) groups excluding carboxylic acids is 1. The lowest BCUT2D eigenvalue weighted by atomic mass is 10.1. The molecule has 0 aliphatic rings. The van der Waals surface area contributed by atoms with Gasteiger partial charge < -0.3 is 10.1 Å². The van der Waals surface area contributed by atoms with E-state index in [1.54, 1.807) is 13.0 Å². The standard InChI is InChI=1S/C13H17NO2S/c1-4-16-13(15)12-7-5-6-11(8-12)9(2)14-10(3)17/h5-9H,4H2,1-3H3,(H,14,17)/t9-/m1/s1. The van der Waals surface area contributed by atoms with Crippen molar-refractivity contribution >= 4 is 23.2 Å². The minimum absolute atomic E-state index is 0.0851. The highest BCUT2D eigenvalue weighted by Gasteiger charge is 2.10. The molecule has 0 unspecified atom stereocenters. The summed E-state index contributed by atoms with van der Waals surface area (Å²) >= 11 is 5.00. The minimum Gasteiger partial charge on any atom is -0.462 e. The Kier molecular flexibility index (Phi) is 5.10. The second-order valence-corrected chi connectivity index (χ2v) is 4.38. The molecular weight excluding hydrogens is 234 g/mol. The van der Waals surface area contributed by atoms with E-state index in [2.05, 4.69) is 5.32 Å². The quantitative estimate of drug-likeness (QED) is 0.659. The molecule has 1 N–H and O–H groups in total. The van der Waals surface area contributed by atoms with E-state index in [1.165, 1.54) is 0 Å². The van der Waals surface area contributed by atoms with Crippen LogP contribution in [0.15, 0.2) is 24.3 Å². The lowest BCUT2D eigenvalue weighted by Crippen LogP contribution is -2.22. The van der Waals surface area contributed by atoms with Gasteiger partial charge in [-0.2, -0.15) is 0 Å². The number of thiocarbonyl (C=S) groups is 1. The smallest absolute Gasteiger partial charge is 0.338 e. The molecule has 0 aliphatic carbocycles. The second-order valence-electron chi connectivity index (χ2n) is 3.77. The third-order valence-electron chi connectivity index (χ3n) is 2.32. The molecular formula is C13H17NO2S. The molecule has 1 rings (SSSR count). The summed E-state index contributed by atoms with van der Waals surface area (Å²) in [6, 6.07) is 7.46. The Balaban J connectivity index is 2.85. The molecule has 0 saturated heterocycles. The van der Waals surface area contributed by atoms with Crippen molar-refractivity contribution in [1.82, 2.24) is 5.32 Å². The summed E-state index contributed by atoms with van der Waals surface area (Å²) in [7, 11) is 0. The summed E-state index contributed by atoms with van der Waals surface area (Å²) in [4.78, 5) is 12.3. The van der Waals surface area contributed by atoms with Gasteiger partial charge in [0.1, 0.15) is 0 Å². The average molecular weight is 251 g/mol. The minimum atomic E-state index is -0.291. The van der Waals surface area contributed by atoms with Gasteiger partial charge in [0.05, 0.1) is 17.2 Å². The van der Waals surface area contributed by atoms with E-state index in [0.717, 1.165) is 10.6 Å². The SMILES string of the molecule is CCOC(=O)c1cccc([C@@H](C)NC(C)=S)c1. The Hall–Kier alpha value is -1.42. The van der Waals surface area contributed by atoms with E-state index in [0.29, 0.717) is 12.2 Å². The first-order valence-corrected chi connectivity index (χ1v) is 5.99. The van der Waals surface area contributed by atoms with Crippen molar-refractivity contribution in [3.05, 3.63) is 35.4 Å². The normalized spacial score (nSPS) is 11.7. The summed E-state index contributed by atoms with van der Waals surface area (Å²) in [6.07, 6.45) is 0. The second kappa shape index (κ2) is 6.35. The van der Waals surface area contributed by atoms with Crippen molar-refractivity contribution in [3.63, 3.8) is 0 Å². The van der Waals surface area contributed by atoms with Gasteiger partial charge in [0.15, 0.2) is 0 Å². The van der Waals surface area contributed by atoms with Crippen molar-refractivity contribution in [2.24, 2.45) is 0 Å². The average Bonchev–Trinajstić information content (AvgIpc) is 2.28. The third kappa shape index (κ3) is 4.15. The third-order valence-corrected chi connectivity index (χ3v) is 2.44. The summed E-state index contributed by atoms with van der Waals surface area (Å²) in [5, 5.41) is 3.14. The maximum absolute atomic E-state index is 11.6. The molecule has 0 heterocycles. The van der Waals surface area contributed by atoms with Crippen LogP contribution in [-0.4, -0.2) is 17.6 Å².